The number of carbonyl (C=O) groups is 1. The first-order chi connectivity index (χ1) is 8.65. The topological polar surface area (TPSA) is 90.1 Å². The number of methoxy groups -OCH3 is 1. The van der Waals surface area contributed by atoms with E-state index in [-0.39, 0.29) is 23.0 Å². The molecule has 0 fully saturated rings. The molecular formula is C10H9ClN4O3. The first-order valence-corrected chi connectivity index (χ1v) is 5.29. The summed E-state index contributed by atoms with van der Waals surface area (Å²) in [6.45, 7) is 0.0502. The molecular weight excluding hydrogens is 260 g/mol. The molecule has 94 valence electrons. The van der Waals surface area contributed by atoms with E-state index >= 15 is 0 Å². The Morgan fingerprint density at radius 1 is 1.56 bits per heavy atom. The number of aromatic nitrogens is 4. The number of carboxylic acids is 1. The van der Waals surface area contributed by atoms with Crippen molar-refractivity contribution in [3.8, 4) is 5.82 Å². The second-order valence-corrected chi connectivity index (χ2v) is 3.68. The van der Waals surface area contributed by atoms with Gasteiger partial charge < -0.3 is 9.84 Å². The lowest BCUT2D eigenvalue weighted by Crippen LogP contribution is -2.01. The molecule has 2 heterocycles. The molecule has 0 radical (unpaired) electrons. The highest BCUT2D eigenvalue weighted by molar-refractivity contribution is 6.32. The van der Waals surface area contributed by atoms with Gasteiger partial charge in [-0.15, -0.1) is 0 Å². The number of rotatable bonds is 4. The van der Waals surface area contributed by atoms with Gasteiger partial charge in [0, 0.05) is 19.5 Å². The standard InChI is InChI=1S/C10H9ClN4O3/c1-18-5-6-8(10(16)17)9(11)15(14-6)7-4-12-2-3-13-7/h2-4H,5H2,1H3,(H,16,17). The molecule has 0 atom stereocenters. The van der Waals surface area contributed by atoms with Crippen LogP contribution in [-0.2, 0) is 11.3 Å². The van der Waals surface area contributed by atoms with Crippen molar-refractivity contribution in [3.05, 3.63) is 35.0 Å². The summed E-state index contributed by atoms with van der Waals surface area (Å²) in [5, 5.41) is 13.1. The largest absolute Gasteiger partial charge is 0.478 e. The Bertz CT molecular complexity index is 570. The maximum absolute atomic E-state index is 11.1. The van der Waals surface area contributed by atoms with E-state index in [0.29, 0.717) is 5.82 Å². The fourth-order valence-electron chi connectivity index (χ4n) is 1.44. The van der Waals surface area contributed by atoms with Crippen molar-refractivity contribution in [2.24, 2.45) is 0 Å². The molecule has 0 unspecified atom stereocenters. The second-order valence-electron chi connectivity index (χ2n) is 3.33. The van der Waals surface area contributed by atoms with Crippen LogP contribution >= 0.6 is 11.6 Å². The highest BCUT2D eigenvalue weighted by Crippen LogP contribution is 2.23. The number of halogens is 1. The van der Waals surface area contributed by atoms with E-state index in [2.05, 4.69) is 15.1 Å². The van der Waals surface area contributed by atoms with Gasteiger partial charge in [-0.25, -0.2) is 14.5 Å². The van der Waals surface area contributed by atoms with Gasteiger partial charge in [-0.05, 0) is 0 Å². The average Bonchev–Trinajstić information content (AvgIpc) is 2.68. The van der Waals surface area contributed by atoms with Crippen molar-refractivity contribution in [3.63, 3.8) is 0 Å². The molecule has 7 nitrogen and oxygen atoms in total. The maximum Gasteiger partial charge on any atom is 0.340 e. The monoisotopic (exact) mass is 268 g/mol. The molecule has 0 aliphatic rings. The van der Waals surface area contributed by atoms with Crippen LogP contribution in [0.2, 0.25) is 5.15 Å². The van der Waals surface area contributed by atoms with Gasteiger partial charge in [-0.3, -0.25) is 4.98 Å². The lowest BCUT2D eigenvalue weighted by Gasteiger charge is -1.99. The minimum absolute atomic E-state index is 0.0324. The van der Waals surface area contributed by atoms with Crippen molar-refractivity contribution in [1.29, 1.82) is 0 Å². The summed E-state index contributed by atoms with van der Waals surface area (Å²) in [6, 6.07) is 0. The average molecular weight is 269 g/mol. The Morgan fingerprint density at radius 2 is 2.33 bits per heavy atom. The summed E-state index contributed by atoms with van der Waals surface area (Å²) >= 11 is 5.99. The zero-order chi connectivity index (χ0) is 13.1. The molecule has 2 aromatic rings. The molecule has 0 saturated heterocycles. The highest BCUT2D eigenvalue weighted by Gasteiger charge is 2.23. The van der Waals surface area contributed by atoms with Gasteiger partial charge in [0.1, 0.15) is 16.4 Å². The summed E-state index contributed by atoms with van der Waals surface area (Å²) in [4.78, 5) is 19.0. The van der Waals surface area contributed by atoms with Crippen molar-refractivity contribution in [2.45, 2.75) is 6.61 Å². The molecule has 0 saturated carbocycles. The van der Waals surface area contributed by atoms with Crippen LogP contribution in [0.3, 0.4) is 0 Å². The first-order valence-electron chi connectivity index (χ1n) is 4.91. The third-order valence-electron chi connectivity index (χ3n) is 2.16. The number of aromatic carboxylic acids is 1. The van der Waals surface area contributed by atoms with Gasteiger partial charge in [0.2, 0.25) is 0 Å². The molecule has 0 aromatic carbocycles. The number of hydrogen-bond acceptors (Lipinski definition) is 5. The van der Waals surface area contributed by atoms with Crippen LogP contribution in [0.5, 0.6) is 0 Å². The minimum Gasteiger partial charge on any atom is -0.478 e. The predicted octanol–water partition coefficient (Wildman–Crippen LogP) is 1.16. The van der Waals surface area contributed by atoms with E-state index in [1.165, 1.54) is 30.4 Å². The van der Waals surface area contributed by atoms with E-state index in [1.807, 2.05) is 0 Å². The van der Waals surface area contributed by atoms with Gasteiger partial charge >= 0.3 is 5.97 Å². The van der Waals surface area contributed by atoms with Gasteiger partial charge in [-0.1, -0.05) is 11.6 Å². The highest BCUT2D eigenvalue weighted by atomic mass is 35.5. The normalized spacial score (nSPS) is 10.6. The Balaban J connectivity index is 2.57. The molecule has 2 aromatic heterocycles. The van der Waals surface area contributed by atoms with Crippen molar-refractivity contribution in [2.75, 3.05) is 7.11 Å². The summed E-state index contributed by atoms with van der Waals surface area (Å²) < 4.78 is 6.10. The van der Waals surface area contributed by atoms with Crippen molar-refractivity contribution in [1.82, 2.24) is 19.7 Å². The molecule has 0 spiro atoms. The van der Waals surface area contributed by atoms with Gasteiger partial charge in [0.05, 0.1) is 12.8 Å². The summed E-state index contributed by atoms with van der Waals surface area (Å²) in [5.74, 6) is -0.824. The van der Waals surface area contributed by atoms with Crippen LogP contribution in [0.1, 0.15) is 16.1 Å². The lowest BCUT2D eigenvalue weighted by atomic mass is 10.2. The van der Waals surface area contributed by atoms with Crippen LogP contribution in [-0.4, -0.2) is 37.9 Å². The Labute approximate surface area is 107 Å². The summed E-state index contributed by atoms with van der Waals surface area (Å²) in [5.41, 5.74) is 0.143. The van der Waals surface area contributed by atoms with Gasteiger partial charge in [0.15, 0.2) is 5.82 Å². The molecule has 8 heteroatoms. The Kier molecular flexibility index (Phi) is 3.54. The maximum atomic E-state index is 11.1. The molecule has 2 rings (SSSR count). The van der Waals surface area contributed by atoms with Crippen LogP contribution in [0.15, 0.2) is 18.6 Å². The fourth-order valence-corrected chi connectivity index (χ4v) is 1.76. The molecule has 0 bridgehead atoms. The zero-order valence-electron chi connectivity index (χ0n) is 9.37. The van der Waals surface area contributed by atoms with Crippen LogP contribution < -0.4 is 0 Å². The number of ether oxygens (including phenoxy) is 1. The predicted molar refractivity (Wildman–Crippen MR) is 61.8 cm³/mol. The third-order valence-corrected chi connectivity index (χ3v) is 2.51. The molecule has 18 heavy (non-hydrogen) atoms. The van der Waals surface area contributed by atoms with E-state index < -0.39 is 5.97 Å². The number of carboxylic acid groups (broad SMARTS) is 1. The molecule has 0 amide bonds. The molecule has 1 N–H and O–H groups in total. The lowest BCUT2D eigenvalue weighted by molar-refractivity contribution is 0.0692. The van der Waals surface area contributed by atoms with E-state index in [1.54, 1.807) is 0 Å². The van der Waals surface area contributed by atoms with Crippen LogP contribution in [0.25, 0.3) is 5.82 Å². The van der Waals surface area contributed by atoms with E-state index in [0.717, 1.165) is 0 Å². The molecule has 0 aliphatic heterocycles. The smallest absolute Gasteiger partial charge is 0.340 e. The van der Waals surface area contributed by atoms with E-state index in [9.17, 15) is 4.79 Å². The van der Waals surface area contributed by atoms with Crippen molar-refractivity contribution < 1.29 is 14.6 Å². The van der Waals surface area contributed by atoms with Gasteiger partial charge in [0.25, 0.3) is 0 Å². The Morgan fingerprint density at radius 3 is 2.89 bits per heavy atom. The SMILES string of the molecule is COCc1nn(-c2cnccn2)c(Cl)c1C(=O)O. The summed E-state index contributed by atoms with van der Waals surface area (Å²) in [6.07, 6.45) is 4.39. The fraction of sp³-hybridized carbons (Fsp3) is 0.200. The van der Waals surface area contributed by atoms with Crippen molar-refractivity contribution >= 4 is 17.6 Å². The first kappa shape index (κ1) is 12.5. The number of nitrogens with zero attached hydrogens (tertiary/aromatic N) is 4. The molecule has 0 aliphatic carbocycles. The van der Waals surface area contributed by atoms with E-state index in [4.69, 9.17) is 21.4 Å². The minimum atomic E-state index is -1.16. The third kappa shape index (κ3) is 2.18. The van der Waals surface area contributed by atoms with Gasteiger partial charge in [-0.2, -0.15) is 5.10 Å². The quantitative estimate of drug-likeness (QED) is 0.895. The zero-order valence-corrected chi connectivity index (χ0v) is 10.1. The van der Waals surface area contributed by atoms with Crippen LogP contribution in [0, 0.1) is 0 Å². The summed E-state index contributed by atoms with van der Waals surface area (Å²) in [7, 11) is 1.45. The second kappa shape index (κ2) is 5.11. The number of hydrogen-bond donors (Lipinski definition) is 1. The Hall–Kier alpha value is -1.99. The van der Waals surface area contributed by atoms with Crippen LogP contribution in [0.4, 0.5) is 0 Å².